The molecule has 8 heteroatoms. The second kappa shape index (κ2) is 9.73. The van der Waals surface area contributed by atoms with E-state index in [-0.39, 0.29) is 12.5 Å². The van der Waals surface area contributed by atoms with E-state index in [9.17, 15) is 4.79 Å². The van der Waals surface area contributed by atoms with Crippen molar-refractivity contribution in [3.05, 3.63) is 75.9 Å². The van der Waals surface area contributed by atoms with E-state index in [1.807, 2.05) is 67.2 Å². The molecular weight excluding hydrogens is 444 g/mol. The van der Waals surface area contributed by atoms with Gasteiger partial charge in [-0.05, 0) is 50.7 Å². The third-order valence-electron chi connectivity index (χ3n) is 5.24. The molecule has 4 aromatic rings. The number of nitrogens with zero attached hydrogens (tertiary/aromatic N) is 2. The highest BCUT2D eigenvalue weighted by Gasteiger charge is 2.20. The number of thiophene rings is 1. The number of nitrogens with two attached hydrogens (primary N) is 1. The number of amides is 1. The third-order valence-corrected chi connectivity index (χ3v) is 6.71. The van der Waals surface area contributed by atoms with Crippen molar-refractivity contribution in [2.45, 2.75) is 25.9 Å². The van der Waals surface area contributed by atoms with Gasteiger partial charge in [0.25, 0.3) is 0 Å². The van der Waals surface area contributed by atoms with Crippen LogP contribution < -0.4 is 15.8 Å². The molecule has 0 bridgehead atoms. The molecule has 3 aromatic heterocycles. The van der Waals surface area contributed by atoms with Crippen LogP contribution in [0.15, 0.2) is 54.9 Å². The van der Waals surface area contributed by atoms with Gasteiger partial charge in [-0.25, -0.2) is 4.98 Å². The first-order chi connectivity index (χ1) is 15.5. The predicted molar refractivity (Wildman–Crippen MR) is 130 cm³/mol. The molecule has 3 N–H and O–H groups in total. The van der Waals surface area contributed by atoms with Gasteiger partial charge in [0.2, 0.25) is 5.91 Å². The van der Waals surface area contributed by atoms with Gasteiger partial charge in [-0.3, -0.25) is 9.20 Å². The van der Waals surface area contributed by atoms with E-state index in [2.05, 4.69) is 16.4 Å². The zero-order valence-corrected chi connectivity index (χ0v) is 19.5. The zero-order valence-electron chi connectivity index (χ0n) is 18.0. The van der Waals surface area contributed by atoms with E-state index in [0.29, 0.717) is 10.8 Å². The highest BCUT2D eigenvalue weighted by atomic mass is 35.5. The van der Waals surface area contributed by atoms with Crippen LogP contribution in [-0.4, -0.2) is 28.9 Å². The van der Waals surface area contributed by atoms with Crippen LogP contribution in [0.2, 0.25) is 5.02 Å². The molecule has 0 spiro atoms. The smallest absolute Gasteiger partial charge is 0.222 e. The van der Waals surface area contributed by atoms with Gasteiger partial charge in [0.05, 0.1) is 28.1 Å². The summed E-state index contributed by atoms with van der Waals surface area (Å²) < 4.78 is 8.31. The van der Waals surface area contributed by atoms with Gasteiger partial charge in [-0.15, -0.1) is 11.3 Å². The van der Waals surface area contributed by atoms with E-state index < -0.39 is 5.91 Å². The number of nitrogens with one attached hydrogen (secondary N) is 1. The summed E-state index contributed by atoms with van der Waals surface area (Å²) in [7, 11) is 1.93. The van der Waals surface area contributed by atoms with Gasteiger partial charge in [0.1, 0.15) is 17.5 Å². The van der Waals surface area contributed by atoms with Crippen molar-refractivity contribution in [1.29, 1.82) is 0 Å². The Hall–Kier alpha value is -2.87. The number of aromatic nitrogens is 2. The van der Waals surface area contributed by atoms with Crippen LogP contribution >= 0.6 is 22.9 Å². The van der Waals surface area contributed by atoms with Crippen molar-refractivity contribution < 1.29 is 9.53 Å². The van der Waals surface area contributed by atoms with Crippen LogP contribution in [0.5, 0.6) is 5.75 Å². The highest BCUT2D eigenvalue weighted by Crippen LogP contribution is 2.39. The minimum Gasteiger partial charge on any atom is -0.485 e. The molecule has 0 radical (unpaired) electrons. The number of hydrogen-bond acceptors (Lipinski definition) is 5. The minimum absolute atomic E-state index is 0.111. The molecule has 0 saturated heterocycles. The van der Waals surface area contributed by atoms with Crippen molar-refractivity contribution in [1.82, 2.24) is 14.7 Å². The maximum Gasteiger partial charge on any atom is 0.222 e. The molecule has 0 aliphatic heterocycles. The summed E-state index contributed by atoms with van der Waals surface area (Å²) in [6, 6.07) is 13.9. The lowest BCUT2D eigenvalue weighted by atomic mass is 10.1. The van der Waals surface area contributed by atoms with E-state index in [1.54, 1.807) is 0 Å². The van der Waals surface area contributed by atoms with Gasteiger partial charge in [-0.1, -0.05) is 29.8 Å². The quantitative estimate of drug-likeness (QED) is 0.374. The fourth-order valence-electron chi connectivity index (χ4n) is 3.61. The largest absolute Gasteiger partial charge is 0.485 e. The molecule has 0 unspecified atom stereocenters. The van der Waals surface area contributed by atoms with Crippen LogP contribution in [-0.2, 0) is 17.6 Å². The molecule has 0 fully saturated rings. The average molecular weight is 469 g/mol. The Bertz CT molecular complexity index is 1250. The first-order valence-electron chi connectivity index (χ1n) is 10.4. The second-order valence-electron chi connectivity index (χ2n) is 7.58. The Morgan fingerprint density at radius 1 is 1.31 bits per heavy atom. The SMILES string of the molecule is CNCCc1ccc([C@@H](C)Oc2cc(-c3cnc4ccccn34)sc2CC(N)=O)c(Cl)c1. The standard InChI is InChI=1S/C24H25ClN4O2S/c1-15(17-7-6-16(8-9-27-2)11-18(17)25)31-20-12-21(32-22(20)13-23(26)30)19-14-28-24-5-3-4-10-29(19)24/h3-7,10-12,14-15,27H,8-9,13H2,1-2H3,(H2,26,30)/t15-/m1/s1. The van der Waals surface area contributed by atoms with Crippen molar-refractivity contribution in [2.75, 3.05) is 13.6 Å². The maximum absolute atomic E-state index is 11.7. The number of benzene rings is 1. The Morgan fingerprint density at radius 2 is 2.16 bits per heavy atom. The number of likely N-dealkylation sites (N-methyl/N-ethyl adjacent to an activating group) is 1. The lowest BCUT2D eigenvalue weighted by Crippen LogP contribution is -2.14. The van der Waals surface area contributed by atoms with Gasteiger partial charge in [0.15, 0.2) is 0 Å². The average Bonchev–Trinajstić information content (AvgIpc) is 3.36. The first kappa shape index (κ1) is 22.3. The van der Waals surface area contributed by atoms with E-state index in [1.165, 1.54) is 16.9 Å². The Balaban J connectivity index is 1.63. The molecule has 6 nitrogen and oxygen atoms in total. The molecule has 1 amide bonds. The first-order valence-corrected chi connectivity index (χ1v) is 11.6. The van der Waals surface area contributed by atoms with E-state index >= 15 is 0 Å². The fraction of sp³-hybridized carbons (Fsp3) is 0.250. The van der Waals surface area contributed by atoms with E-state index in [0.717, 1.165) is 39.6 Å². The summed E-state index contributed by atoms with van der Waals surface area (Å²) in [5.41, 5.74) is 9.36. The minimum atomic E-state index is -0.402. The van der Waals surface area contributed by atoms with Crippen molar-refractivity contribution in [3.8, 4) is 16.3 Å². The molecule has 166 valence electrons. The van der Waals surface area contributed by atoms with Gasteiger partial charge in [0, 0.05) is 22.8 Å². The molecule has 4 rings (SSSR count). The van der Waals surface area contributed by atoms with Crippen molar-refractivity contribution in [2.24, 2.45) is 5.73 Å². The summed E-state index contributed by atoms with van der Waals surface area (Å²) in [4.78, 5) is 17.9. The third kappa shape index (κ3) is 4.80. The Labute approximate surface area is 196 Å². The summed E-state index contributed by atoms with van der Waals surface area (Å²) in [6.07, 6.45) is 4.51. The summed E-state index contributed by atoms with van der Waals surface area (Å²) in [5.74, 6) is 0.235. The lowest BCUT2D eigenvalue weighted by molar-refractivity contribution is -0.117. The molecule has 0 aliphatic rings. The number of hydrogen-bond donors (Lipinski definition) is 2. The summed E-state index contributed by atoms with van der Waals surface area (Å²) >= 11 is 8.05. The van der Waals surface area contributed by atoms with Crippen LogP contribution in [0.3, 0.4) is 0 Å². The van der Waals surface area contributed by atoms with Crippen molar-refractivity contribution >= 4 is 34.5 Å². The topological polar surface area (TPSA) is 81.7 Å². The normalized spacial score (nSPS) is 12.2. The molecule has 1 aromatic carbocycles. The molecule has 0 saturated carbocycles. The Kier molecular flexibility index (Phi) is 6.79. The molecule has 1 atom stereocenters. The van der Waals surface area contributed by atoms with Gasteiger partial charge in [-0.2, -0.15) is 0 Å². The number of halogens is 1. The number of rotatable bonds is 9. The second-order valence-corrected chi connectivity index (χ2v) is 9.13. The number of ether oxygens (including phenoxy) is 1. The summed E-state index contributed by atoms with van der Waals surface area (Å²) in [6.45, 7) is 2.84. The number of carbonyl (C=O) groups excluding carboxylic acids is 1. The van der Waals surface area contributed by atoms with E-state index in [4.69, 9.17) is 22.1 Å². The van der Waals surface area contributed by atoms with Gasteiger partial charge >= 0.3 is 0 Å². The molecule has 3 heterocycles. The van der Waals surface area contributed by atoms with Crippen LogP contribution in [0.4, 0.5) is 0 Å². The number of imidazole rings is 1. The number of fused-ring (bicyclic) bond motifs is 1. The summed E-state index contributed by atoms with van der Waals surface area (Å²) in [5, 5.41) is 3.81. The number of primary amides is 1. The lowest BCUT2D eigenvalue weighted by Gasteiger charge is -2.17. The highest BCUT2D eigenvalue weighted by molar-refractivity contribution is 7.15. The van der Waals surface area contributed by atoms with Gasteiger partial charge < -0.3 is 15.8 Å². The maximum atomic E-state index is 11.7. The number of carbonyl (C=O) groups is 1. The predicted octanol–water partition coefficient (Wildman–Crippen LogP) is 4.65. The molecule has 32 heavy (non-hydrogen) atoms. The van der Waals surface area contributed by atoms with Crippen LogP contribution in [0.1, 0.15) is 29.0 Å². The monoisotopic (exact) mass is 468 g/mol. The Morgan fingerprint density at radius 3 is 2.91 bits per heavy atom. The fourth-order valence-corrected chi connectivity index (χ4v) is 5.08. The molecular formula is C24H25ClN4O2S. The van der Waals surface area contributed by atoms with Crippen LogP contribution in [0, 0.1) is 0 Å². The van der Waals surface area contributed by atoms with Crippen LogP contribution in [0.25, 0.3) is 16.2 Å². The van der Waals surface area contributed by atoms with Crippen molar-refractivity contribution in [3.63, 3.8) is 0 Å². The number of pyridine rings is 1. The zero-order chi connectivity index (χ0) is 22.7. The molecule has 0 aliphatic carbocycles.